The highest BCUT2D eigenvalue weighted by Crippen LogP contribution is 2.31. The first-order valence-corrected chi connectivity index (χ1v) is 7.30. The van der Waals surface area contributed by atoms with Crippen molar-refractivity contribution in [3.63, 3.8) is 0 Å². The number of halogens is 1. The number of rotatable bonds is 5. The number of nitrogens with one attached hydrogen (secondary N) is 1. The second-order valence-electron chi connectivity index (χ2n) is 5.71. The van der Waals surface area contributed by atoms with Crippen LogP contribution >= 0.6 is 0 Å². The van der Waals surface area contributed by atoms with Gasteiger partial charge in [0.2, 0.25) is 0 Å². The van der Waals surface area contributed by atoms with Crippen molar-refractivity contribution in [2.45, 2.75) is 38.6 Å². The predicted molar refractivity (Wildman–Crippen MR) is 79.1 cm³/mol. The monoisotopic (exact) mass is 264 g/mol. The lowest BCUT2D eigenvalue weighted by Gasteiger charge is -2.27. The van der Waals surface area contributed by atoms with Gasteiger partial charge in [0.15, 0.2) is 0 Å². The lowest BCUT2D eigenvalue weighted by Crippen LogP contribution is -2.27. The number of anilines is 1. The van der Waals surface area contributed by atoms with Crippen LogP contribution in [0.15, 0.2) is 18.2 Å². The summed E-state index contributed by atoms with van der Waals surface area (Å²) in [6, 6.07) is 5.42. The molecule has 1 aromatic rings. The highest BCUT2D eigenvalue weighted by molar-refractivity contribution is 5.55. The third-order valence-corrected chi connectivity index (χ3v) is 4.31. The van der Waals surface area contributed by atoms with Gasteiger partial charge < -0.3 is 10.2 Å². The van der Waals surface area contributed by atoms with Crippen molar-refractivity contribution in [2.24, 2.45) is 5.92 Å². The van der Waals surface area contributed by atoms with Gasteiger partial charge in [-0.3, -0.25) is 0 Å². The molecular weight excluding hydrogens is 239 g/mol. The molecular formula is C16H25FN2. The zero-order valence-electron chi connectivity index (χ0n) is 12.2. The molecule has 1 saturated carbocycles. The predicted octanol–water partition coefficient (Wildman–Crippen LogP) is 3.73. The summed E-state index contributed by atoms with van der Waals surface area (Å²) in [6.07, 6.45) is 5.33. The Balaban J connectivity index is 2.19. The standard InChI is InChI=1S/C16H25FN2/c1-12(18-2)16-14(17)9-6-10-15(16)19(3)11-13-7-4-5-8-13/h6,9-10,12-13,18H,4-5,7-8,11H2,1-3H3. The van der Waals surface area contributed by atoms with E-state index in [9.17, 15) is 4.39 Å². The number of hydrogen-bond acceptors (Lipinski definition) is 2. The van der Waals surface area contributed by atoms with Crippen molar-refractivity contribution in [2.75, 3.05) is 25.5 Å². The lowest BCUT2D eigenvalue weighted by atomic mass is 10.0. The number of nitrogens with zero attached hydrogens (tertiary/aromatic N) is 1. The van der Waals surface area contributed by atoms with E-state index in [0.717, 1.165) is 23.7 Å². The fourth-order valence-corrected chi connectivity index (χ4v) is 3.11. The SMILES string of the molecule is CNC(C)c1c(F)cccc1N(C)CC1CCCC1. The minimum atomic E-state index is -0.113. The molecule has 1 aromatic carbocycles. The largest absolute Gasteiger partial charge is 0.374 e. The molecule has 2 rings (SSSR count). The van der Waals surface area contributed by atoms with E-state index >= 15 is 0 Å². The molecule has 3 heteroatoms. The second kappa shape index (κ2) is 6.38. The lowest BCUT2D eigenvalue weighted by molar-refractivity contribution is 0.535. The molecule has 0 amide bonds. The molecule has 0 spiro atoms. The van der Waals surface area contributed by atoms with Gasteiger partial charge in [-0.15, -0.1) is 0 Å². The van der Waals surface area contributed by atoms with Gasteiger partial charge in [-0.25, -0.2) is 4.39 Å². The van der Waals surface area contributed by atoms with E-state index in [1.807, 2.05) is 26.1 Å². The van der Waals surface area contributed by atoms with Crippen molar-refractivity contribution in [3.8, 4) is 0 Å². The van der Waals surface area contributed by atoms with Gasteiger partial charge in [-0.05, 0) is 44.9 Å². The maximum atomic E-state index is 14.1. The summed E-state index contributed by atoms with van der Waals surface area (Å²) in [4.78, 5) is 2.22. The highest BCUT2D eigenvalue weighted by Gasteiger charge is 2.21. The summed E-state index contributed by atoms with van der Waals surface area (Å²) in [7, 11) is 3.96. The molecule has 0 aromatic heterocycles. The summed E-state index contributed by atoms with van der Waals surface area (Å²) in [6.45, 7) is 3.04. The maximum Gasteiger partial charge on any atom is 0.130 e. The molecule has 0 radical (unpaired) electrons. The van der Waals surface area contributed by atoms with Crippen LogP contribution < -0.4 is 10.2 Å². The van der Waals surface area contributed by atoms with Crippen LogP contribution in [0.25, 0.3) is 0 Å². The Morgan fingerprint density at radius 3 is 2.68 bits per heavy atom. The van der Waals surface area contributed by atoms with Crippen molar-refractivity contribution in [3.05, 3.63) is 29.6 Å². The van der Waals surface area contributed by atoms with Crippen LogP contribution in [-0.4, -0.2) is 20.6 Å². The maximum absolute atomic E-state index is 14.1. The first-order valence-electron chi connectivity index (χ1n) is 7.30. The van der Waals surface area contributed by atoms with Crippen molar-refractivity contribution < 1.29 is 4.39 Å². The van der Waals surface area contributed by atoms with E-state index in [2.05, 4.69) is 17.3 Å². The van der Waals surface area contributed by atoms with Crippen molar-refractivity contribution in [1.82, 2.24) is 5.32 Å². The average Bonchev–Trinajstić information content (AvgIpc) is 2.90. The van der Waals surface area contributed by atoms with Crippen LogP contribution in [0.2, 0.25) is 0 Å². The van der Waals surface area contributed by atoms with E-state index in [-0.39, 0.29) is 11.9 Å². The Labute approximate surface area is 116 Å². The molecule has 0 saturated heterocycles. The van der Waals surface area contributed by atoms with Crippen molar-refractivity contribution in [1.29, 1.82) is 0 Å². The van der Waals surface area contributed by atoms with Gasteiger partial charge in [-0.1, -0.05) is 18.9 Å². The minimum Gasteiger partial charge on any atom is -0.374 e. The summed E-state index contributed by atoms with van der Waals surface area (Å²) in [5.74, 6) is 0.656. The summed E-state index contributed by atoms with van der Waals surface area (Å²) >= 11 is 0. The Morgan fingerprint density at radius 2 is 2.05 bits per heavy atom. The topological polar surface area (TPSA) is 15.3 Å². The van der Waals surface area contributed by atoms with Crippen LogP contribution in [-0.2, 0) is 0 Å². The van der Waals surface area contributed by atoms with Gasteiger partial charge in [0.05, 0.1) is 0 Å². The van der Waals surface area contributed by atoms with E-state index < -0.39 is 0 Å². The van der Waals surface area contributed by atoms with Gasteiger partial charge in [0.25, 0.3) is 0 Å². The molecule has 1 unspecified atom stereocenters. The molecule has 19 heavy (non-hydrogen) atoms. The zero-order chi connectivity index (χ0) is 13.8. The van der Waals surface area contributed by atoms with Crippen LogP contribution in [0.3, 0.4) is 0 Å². The second-order valence-corrected chi connectivity index (χ2v) is 5.71. The summed E-state index contributed by atoms with van der Waals surface area (Å²) in [5, 5.41) is 3.14. The van der Waals surface area contributed by atoms with Crippen LogP contribution in [0.1, 0.15) is 44.2 Å². The van der Waals surface area contributed by atoms with E-state index in [0.29, 0.717) is 0 Å². The molecule has 1 atom stereocenters. The average molecular weight is 264 g/mol. The molecule has 1 aliphatic rings. The van der Waals surface area contributed by atoms with Crippen molar-refractivity contribution >= 4 is 5.69 Å². The van der Waals surface area contributed by atoms with E-state index in [4.69, 9.17) is 0 Å². The van der Waals surface area contributed by atoms with E-state index in [1.165, 1.54) is 25.7 Å². The fourth-order valence-electron chi connectivity index (χ4n) is 3.11. The smallest absolute Gasteiger partial charge is 0.130 e. The Kier molecular flexibility index (Phi) is 4.81. The molecule has 2 nitrogen and oxygen atoms in total. The van der Waals surface area contributed by atoms with Crippen LogP contribution in [0.4, 0.5) is 10.1 Å². The molecule has 0 aliphatic heterocycles. The Bertz CT molecular complexity index is 413. The summed E-state index contributed by atoms with van der Waals surface area (Å²) in [5.41, 5.74) is 1.80. The third-order valence-electron chi connectivity index (χ3n) is 4.31. The summed E-state index contributed by atoms with van der Waals surface area (Å²) < 4.78 is 14.1. The van der Waals surface area contributed by atoms with Gasteiger partial charge in [0.1, 0.15) is 5.82 Å². The van der Waals surface area contributed by atoms with Crippen LogP contribution in [0, 0.1) is 11.7 Å². The molecule has 0 bridgehead atoms. The Morgan fingerprint density at radius 1 is 1.37 bits per heavy atom. The van der Waals surface area contributed by atoms with Crippen LogP contribution in [0.5, 0.6) is 0 Å². The Hall–Kier alpha value is -1.09. The number of benzene rings is 1. The van der Waals surface area contributed by atoms with E-state index in [1.54, 1.807) is 6.07 Å². The highest BCUT2D eigenvalue weighted by atomic mass is 19.1. The first-order chi connectivity index (χ1) is 9.13. The molecule has 1 N–H and O–H groups in total. The van der Waals surface area contributed by atoms with Gasteiger partial charge >= 0.3 is 0 Å². The van der Waals surface area contributed by atoms with Gasteiger partial charge in [0, 0.05) is 30.9 Å². The quantitative estimate of drug-likeness (QED) is 0.871. The minimum absolute atomic E-state index is 0.0298. The normalized spacial score (nSPS) is 17.7. The third kappa shape index (κ3) is 3.27. The zero-order valence-corrected chi connectivity index (χ0v) is 12.2. The molecule has 0 heterocycles. The molecule has 1 fully saturated rings. The first kappa shape index (κ1) is 14.3. The number of hydrogen-bond donors (Lipinski definition) is 1. The van der Waals surface area contributed by atoms with Gasteiger partial charge in [-0.2, -0.15) is 0 Å². The molecule has 1 aliphatic carbocycles. The fraction of sp³-hybridized carbons (Fsp3) is 0.625. The molecule has 106 valence electrons.